The predicted molar refractivity (Wildman–Crippen MR) is 61.8 cm³/mol. The van der Waals surface area contributed by atoms with Gasteiger partial charge >= 0.3 is 0 Å². The summed E-state index contributed by atoms with van der Waals surface area (Å²) in [5.74, 6) is 0. The summed E-state index contributed by atoms with van der Waals surface area (Å²) in [6.45, 7) is 3.56. The van der Waals surface area contributed by atoms with E-state index in [1.54, 1.807) is 19.9 Å². The monoisotopic (exact) mass is 247 g/mol. The maximum atomic E-state index is 11.3. The summed E-state index contributed by atoms with van der Waals surface area (Å²) in [6.07, 6.45) is 1.16. The molecular formula is C10H14ClNO2S. The number of hydrogen-bond donors (Lipinski definition) is 1. The Hall–Kier alpha value is -0.580. The fourth-order valence-electron chi connectivity index (χ4n) is 1.23. The summed E-state index contributed by atoms with van der Waals surface area (Å²) in [4.78, 5) is 0.237. The smallest absolute Gasteiger partial charge is 0.175 e. The van der Waals surface area contributed by atoms with Gasteiger partial charge in [0.15, 0.2) is 9.84 Å². The van der Waals surface area contributed by atoms with Gasteiger partial charge in [-0.25, -0.2) is 8.42 Å². The van der Waals surface area contributed by atoms with E-state index in [0.29, 0.717) is 10.6 Å². The average molecular weight is 248 g/mol. The normalized spacial score (nSPS) is 12.9. The summed E-state index contributed by atoms with van der Waals surface area (Å²) in [5, 5.41) is 0.481. The molecule has 0 radical (unpaired) electrons. The standard InChI is InChI=1S/C10H14ClNO2S/c1-10(2,12)8-6-7(15(3,13)14)4-5-9(8)11/h4-6H,12H2,1-3H3. The first-order valence-electron chi connectivity index (χ1n) is 4.41. The fourth-order valence-corrected chi connectivity index (χ4v) is 2.24. The van der Waals surface area contributed by atoms with Gasteiger partial charge in [0, 0.05) is 16.8 Å². The largest absolute Gasteiger partial charge is 0.322 e. The highest BCUT2D eigenvalue weighted by Crippen LogP contribution is 2.28. The molecule has 0 aliphatic heterocycles. The molecule has 1 aromatic rings. The molecule has 0 saturated heterocycles. The van der Waals surface area contributed by atoms with Crippen LogP contribution in [0.5, 0.6) is 0 Å². The summed E-state index contributed by atoms with van der Waals surface area (Å²) in [6, 6.07) is 4.56. The Balaban J connectivity index is 3.43. The van der Waals surface area contributed by atoms with Crippen LogP contribution in [-0.4, -0.2) is 14.7 Å². The first-order valence-corrected chi connectivity index (χ1v) is 6.68. The maximum Gasteiger partial charge on any atom is 0.175 e. The number of halogens is 1. The second-order valence-corrected chi connectivity index (χ2v) is 6.56. The van der Waals surface area contributed by atoms with Crippen molar-refractivity contribution in [2.45, 2.75) is 24.3 Å². The van der Waals surface area contributed by atoms with Crippen LogP contribution in [0.4, 0.5) is 0 Å². The van der Waals surface area contributed by atoms with Crippen molar-refractivity contribution in [3.63, 3.8) is 0 Å². The third-order valence-electron chi connectivity index (χ3n) is 2.06. The Bertz CT molecular complexity index is 475. The lowest BCUT2D eigenvalue weighted by Gasteiger charge is -2.21. The molecule has 0 saturated carbocycles. The first kappa shape index (κ1) is 12.5. The number of nitrogens with two attached hydrogens (primary N) is 1. The van der Waals surface area contributed by atoms with Crippen molar-refractivity contribution in [1.29, 1.82) is 0 Å². The highest BCUT2D eigenvalue weighted by atomic mass is 35.5. The zero-order chi connectivity index (χ0) is 11.9. The molecule has 0 aliphatic rings. The van der Waals surface area contributed by atoms with Gasteiger partial charge < -0.3 is 5.73 Å². The molecule has 3 nitrogen and oxygen atoms in total. The molecule has 0 atom stereocenters. The Morgan fingerprint density at radius 2 is 1.87 bits per heavy atom. The van der Waals surface area contributed by atoms with Crippen molar-refractivity contribution in [3.8, 4) is 0 Å². The lowest BCUT2D eigenvalue weighted by atomic mass is 9.96. The molecule has 0 spiro atoms. The van der Waals surface area contributed by atoms with Crippen LogP contribution in [0.25, 0.3) is 0 Å². The summed E-state index contributed by atoms with van der Waals surface area (Å²) < 4.78 is 22.7. The minimum Gasteiger partial charge on any atom is -0.322 e. The number of rotatable bonds is 2. The molecule has 5 heteroatoms. The second-order valence-electron chi connectivity index (χ2n) is 4.14. The van der Waals surface area contributed by atoms with Crippen molar-refractivity contribution >= 4 is 21.4 Å². The van der Waals surface area contributed by atoms with Gasteiger partial charge in [0.05, 0.1) is 4.90 Å². The molecule has 2 N–H and O–H groups in total. The van der Waals surface area contributed by atoms with Crippen molar-refractivity contribution in [2.75, 3.05) is 6.26 Å². The molecule has 0 aromatic heterocycles. The number of sulfone groups is 1. The van der Waals surface area contributed by atoms with Gasteiger partial charge in [-0.2, -0.15) is 0 Å². The van der Waals surface area contributed by atoms with Gasteiger partial charge in [-0.05, 0) is 37.6 Å². The molecule has 0 amide bonds. The highest BCUT2D eigenvalue weighted by Gasteiger charge is 2.20. The molecule has 0 aliphatic carbocycles. The number of hydrogen-bond acceptors (Lipinski definition) is 3. The quantitative estimate of drug-likeness (QED) is 0.869. The molecule has 1 rings (SSSR count). The minimum atomic E-state index is -3.22. The van der Waals surface area contributed by atoms with E-state index >= 15 is 0 Å². The van der Waals surface area contributed by atoms with E-state index in [1.165, 1.54) is 12.1 Å². The van der Waals surface area contributed by atoms with E-state index in [9.17, 15) is 8.42 Å². The molecular weight excluding hydrogens is 234 g/mol. The summed E-state index contributed by atoms with van der Waals surface area (Å²) in [7, 11) is -3.22. The van der Waals surface area contributed by atoms with Gasteiger partial charge in [-0.1, -0.05) is 11.6 Å². The Morgan fingerprint density at radius 3 is 2.27 bits per heavy atom. The summed E-state index contributed by atoms with van der Waals surface area (Å²) in [5.41, 5.74) is 5.87. The van der Waals surface area contributed by atoms with Crippen LogP contribution in [0, 0.1) is 0 Å². The van der Waals surface area contributed by atoms with Crippen LogP contribution in [0.1, 0.15) is 19.4 Å². The molecule has 0 heterocycles. The van der Waals surface area contributed by atoms with Crippen LogP contribution in [0.2, 0.25) is 5.02 Å². The Labute approximate surface area is 95.2 Å². The average Bonchev–Trinajstić information content (AvgIpc) is 2.00. The minimum absolute atomic E-state index is 0.237. The molecule has 15 heavy (non-hydrogen) atoms. The SMILES string of the molecule is CC(C)(N)c1cc(S(C)(=O)=O)ccc1Cl. The van der Waals surface area contributed by atoms with Gasteiger partial charge in [0.25, 0.3) is 0 Å². The Kier molecular flexibility index (Phi) is 3.14. The van der Waals surface area contributed by atoms with E-state index in [4.69, 9.17) is 17.3 Å². The second kappa shape index (κ2) is 3.77. The molecule has 0 unspecified atom stereocenters. The van der Waals surface area contributed by atoms with Crippen LogP contribution in [0.15, 0.2) is 23.1 Å². The van der Waals surface area contributed by atoms with E-state index in [1.807, 2.05) is 0 Å². The number of benzene rings is 1. The van der Waals surface area contributed by atoms with E-state index in [0.717, 1.165) is 6.26 Å². The van der Waals surface area contributed by atoms with Gasteiger partial charge in [0.2, 0.25) is 0 Å². The fraction of sp³-hybridized carbons (Fsp3) is 0.400. The maximum absolute atomic E-state index is 11.3. The van der Waals surface area contributed by atoms with Crippen molar-refractivity contribution in [3.05, 3.63) is 28.8 Å². The van der Waals surface area contributed by atoms with E-state index in [-0.39, 0.29) is 4.90 Å². The zero-order valence-corrected chi connectivity index (χ0v) is 10.5. The van der Waals surface area contributed by atoms with Crippen LogP contribution >= 0.6 is 11.6 Å². The molecule has 1 aromatic carbocycles. The van der Waals surface area contributed by atoms with Crippen molar-refractivity contribution in [2.24, 2.45) is 5.73 Å². The van der Waals surface area contributed by atoms with Crippen LogP contribution in [-0.2, 0) is 15.4 Å². The zero-order valence-electron chi connectivity index (χ0n) is 8.91. The Morgan fingerprint density at radius 1 is 1.33 bits per heavy atom. The first-order chi connectivity index (χ1) is 6.62. The van der Waals surface area contributed by atoms with Crippen LogP contribution in [0.3, 0.4) is 0 Å². The molecule has 0 fully saturated rings. The molecule has 84 valence electrons. The molecule has 0 bridgehead atoms. The van der Waals surface area contributed by atoms with E-state index < -0.39 is 15.4 Å². The van der Waals surface area contributed by atoms with E-state index in [2.05, 4.69) is 0 Å². The predicted octanol–water partition coefficient (Wildman–Crippen LogP) is 1.94. The third-order valence-corrected chi connectivity index (χ3v) is 3.50. The third kappa shape index (κ3) is 2.93. The van der Waals surface area contributed by atoms with Crippen LogP contribution < -0.4 is 5.73 Å². The van der Waals surface area contributed by atoms with Crippen molar-refractivity contribution in [1.82, 2.24) is 0 Å². The highest BCUT2D eigenvalue weighted by molar-refractivity contribution is 7.90. The van der Waals surface area contributed by atoms with Crippen molar-refractivity contribution < 1.29 is 8.42 Å². The summed E-state index contributed by atoms with van der Waals surface area (Å²) >= 11 is 5.96. The van der Waals surface area contributed by atoms with Gasteiger partial charge in [-0.3, -0.25) is 0 Å². The van der Waals surface area contributed by atoms with Gasteiger partial charge in [-0.15, -0.1) is 0 Å². The lowest BCUT2D eigenvalue weighted by Crippen LogP contribution is -2.29. The van der Waals surface area contributed by atoms with Gasteiger partial charge in [0.1, 0.15) is 0 Å². The topological polar surface area (TPSA) is 60.2 Å². The lowest BCUT2D eigenvalue weighted by molar-refractivity contribution is 0.552.